The van der Waals surface area contributed by atoms with Crippen LogP contribution in [-0.2, 0) is 20.4 Å². The molecule has 31 heavy (non-hydrogen) atoms. The molecule has 1 saturated heterocycles. The Morgan fingerprint density at radius 2 is 2.00 bits per heavy atom. The van der Waals surface area contributed by atoms with E-state index in [1.165, 1.54) is 26.2 Å². The molecular weight excluding hydrogens is 415 g/mol. The van der Waals surface area contributed by atoms with Crippen molar-refractivity contribution in [2.24, 2.45) is 10.8 Å². The molecule has 1 heterocycles. The van der Waals surface area contributed by atoms with E-state index in [1.807, 2.05) is 0 Å². The van der Waals surface area contributed by atoms with Gasteiger partial charge in [0.05, 0.1) is 31.4 Å². The molecule has 0 unspecified atom stereocenters. The van der Waals surface area contributed by atoms with Gasteiger partial charge >= 0.3 is 12.1 Å². The van der Waals surface area contributed by atoms with Gasteiger partial charge in [-0.1, -0.05) is 18.7 Å². The Kier molecular flexibility index (Phi) is 8.23. The van der Waals surface area contributed by atoms with Crippen LogP contribution in [0.15, 0.2) is 52.9 Å². The minimum absolute atomic E-state index is 0.168. The topological polar surface area (TPSA) is 106 Å². The molecule has 0 aromatic heterocycles. The third-order valence-electron chi connectivity index (χ3n) is 5.01. The molecule has 2 rings (SSSR count). The molecule has 1 fully saturated rings. The lowest BCUT2D eigenvalue weighted by Crippen LogP contribution is -2.30. The van der Waals surface area contributed by atoms with Crippen molar-refractivity contribution in [3.8, 4) is 0 Å². The molecule has 2 atom stereocenters. The van der Waals surface area contributed by atoms with Crippen LogP contribution in [0.25, 0.3) is 0 Å². The van der Waals surface area contributed by atoms with E-state index in [-0.39, 0.29) is 41.5 Å². The van der Waals surface area contributed by atoms with Gasteiger partial charge in [0, 0.05) is 5.57 Å². The summed E-state index contributed by atoms with van der Waals surface area (Å²) in [6.45, 7) is 5.47. The van der Waals surface area contributed by atoms with Crippen LogP contribution in [0.1, 0.15) is 43.4 Å². The van der Waals surface area contributed by atoms with Crippen LogP contribution in [0.5, 0.6) is 0 Å². The SMILES string of the molecule is C=C(OC)C(=NC[C@H]1CCC[C@@H](c2ccc(C(F)(F)F)cc2)O1)C(C)=C(NN)C(=O)O. The summed E-state index contributed by atoms with van der Waals surface area (Å²) in [5, 5.41) is 9.27. The van der Waals surface area contributed by atoms with E-state index in [1.54, 1.807) is 0 Å². The van der Waals surface area contributed by atoms with Gasteiger partial charge in [0.15, 0.2) is 0 Å². The number of aliphatic carboxylic acids is 1. The molecule has 0 amide bonds. The van der Waals surface area contributed by atoms with Crippen molar-refractivity contribution >= 4 is 11.7 Å². The molecule has 0 aliphatic carbocycles. The molecular formula is C21H26F3N3O4. The second kappa shape index (κ2) is 10.5. The summed E-state index contributed by atoms with van der Waals surface area (Å²) < 4.78 is 49.5. The lowest BCUT2D eigenvalue weighted by atomic mass is 9.97. The Hall–Kier alpha value is -2.85. The second-order valence-corrected chi connectivity index (χ2v) is 7.06. The highest BCUT2D eigenvalue weighted by Gasteiger charge is 2.31. The largest absolute Gasteiger partial charge is 0.495 e. The molecule has 10 heteroatoms. The number of allylic oxidation sites excluding steroid dienone is 1. The van der Waals surface area contributed by atoms with E-state index >= 15 is 0 Å². The van der Waals surface area contributed by atoms with E-state index in [9.17, 15) is 23.1 Å². The Morgan fingerprint density at radius 3 is 2.52 bits per heavy atom. The van der Waals surface area contributed by atoms with Crippen LogP contribution < -0.4 is 11.3 Å². The Balaban J connectivity index is 2.18. The summed E-state index contributed by atoms with van der Waals surface area (Å²) in [5.74, 6) is 4.22. The maximum absolute atomic E-state index is 12.8. The van der Waals surface area contributed by atoms with Gasteiger partial charge in [-0.2, -0.15) is 13.2 Å². The van der Waals surface area contributed by atoms with Crippen molar-refractivity contribution < 1.29 is 32.5 Å². The molecule has 0 radical (unpaired) electrons. The molecule has 0 bridgehead atoms. The Bertz CT molecular complexity index is 864. The summed E-state index contributed by atoms with van der Waals surface area (Å²) >= 11 is 0. The summed E-state index contributed by atoms with van der Waals surface area (Å²) in [6, 6.07) is 4.94. The number of hydrogen-bond donors (Lipinski definition) is 3. The molecule has 0 spiro atoms. The number of methoxy groups -OCH3 is 1. The minimum Gasteiger partial charge on any atom is -0.495 e. The maximum atomic E-state index is 12.8. The van der Waals surface area contributed by atoms with Gasteiger partial charge in [-0.25, -0.2) is 4.79 Å². The highest BCUT2D eigenvalue weighted by molar-refractivity contribution is 6.13. The second-order valence-electron chi connectivity index (χ2n) is 7.06. The number of nitrogens with two attached hydrogens (primary N) is 1. The van der Waals surface area contributed by atoms with E-state index in [2.05, 4.69) is 17.0 Å². The molecule has 170 valence electrons. The first-order valence-electron chi connectivity index (χ1n) is 9.60. The fraction of sp³-hybridized carbons (Fsp3) is 0.429. The van der Waals surface area contributed by atoms with Crippen molar-refractivity contribution in [2.75, 3.05) is 13.7 Å². The summed E-state index contributed by atoms with van der Waals surface area (Å²) in [7, 11) is 1.39. The molecule has 1 aliphatic heterocycles. The fourth-order valence-corrected chi connectivity index (χ4v) is 3.32. The van der Waals surface area contributed by atoms with Crippen LogP contribution in [0, 0.1) is 0 Å². The summed E-state index contributed by atoms with van der Waals surface area (Å²) in [4.78, 5) is 15.8. The zero-order valence-corrected chi connectivity index (χ0v) is 17.3. The number of benzene rings is 1. The number of nitrogens with zero attached hydrogens (tertiary/aromatic N) is 1. The van der Waals surface area contributed by atoms with Crippen LogP contribution in [-0.4, -0.2) is 36.5 Å². The molecule has 0 saturated carbocycles. The molecule has 1 aromatic carbocycles. The summed E-state index contributed by atoms with van der Waals surface area (Å²) in [6.07, 6.45) is -2.83. The summed E-state index contributed by atoms with van der Waals surface area (Å²) in [5.41, 5.74) is 2.33. The number of ether oxygens (including phenoxy) is 2. The van der Waals surface area contributed by atoms with Gasteiger partial charge in [0.2, 0.25) is 0 Å². The number of carboxylic acid groups (broad SMARTS) is 1. The number of hydrazine groups is 1. The molecule has 1 aliphatic rings. The van der Waals surface area contributed by atoms with Crippen LogP contribution in [0.3, 0.4) is 0 Å². The number of halogens is 3. The average Bonchev–Trinajstić information content (AvgIpc) is 2.73. The third kappa shape index (κ3) is 6.31. The lowest BCUT2D eigenvalue weighted by molar-refractivity contribution is -0.137. The first kappa shape index (κ1) is 24.4. The standard InChI is InChI=1S/C21H26F3N3O4/c1-12(19(27-25)20(28)29)18(13(2)30-3)26-11-16-5-4-6-17(31-16)14-7-9-15(10-8-14)21(22,23)24/h7-10,16-17,27H,2,4-6,11,25H2,1,3H3,(H,28,29)/t16-,17+/m1/s1. The zero-order chi connectivity index (χ0) is 23.2. The van der Waals surface area contributed by atoms with E-state index in [4.69, 9.17) is 15.3 Å². The number of rotatable bonds is 8. The third-order valence-corrected chi connectivity index (χ3v) is 5.01. The van der Waals surface area contributed by atoms with Crippen molar-refractivity contribution in [3.05, 3.63) is 59.0 Å². The van der Waals surface area contributed by atoms with Gasteiger partial charge < -0.3 is 20.0 Å². The zero-order valence-electron chi connectivity index (χ0n) is 17.3. The predicted molar refractivity (Wildman–Crippen MR) is 109 cm³/mol. The number of nitrogens with one attached hydrogen (secondary N) is 1. The Labute approximate surface area is 178 Å². The van der Waals surface area contributed by atoms with Crippen molar-refractivity contribution in [1.29, 1.82) is 0 Å². The van der Waals surface area contributed by atoms with Gasteiger partial charge in [-0.3, -0.25) is 10.8 Å². The molecule has 7 nitrogen and oxygen atoms in total. The number of hydrogen-bond acceptors (Lipinski definition) is 6. The fourth-order valence-electron chi connectivity index (χ4n) is 3.32. The van der Waals surface area contributed by atoms with Crippen LogP contribution in [0.2, 0.25) is 0 Å². The first-order valence-corrected chi connectivity index (χ1v) is 9.60. The monoisotopic (exact) mass is 441 g/mol. The van der Waals surface area contributed by atoms with Crippen LogP contribution >= 0.6 is 0 Å². The average molecular weight is 441 g/mol. The van der Waals surface area contributed by atoms with Gasteiger partial charge in [0.1, 0.15) is 17.2 Å². The predicted octanol–water partition coefficient (Wildman–Crippen LogP) is 3.74. The first-order chi connectivity index (χ1) is 14.6. The molecule has 4 N–H and O–H groups in total. The highest BCUT2D eigenvalue weighted by Crippen LogP contribution is 2.34. The number of aliphatic imine (C=N–C) groups is 1. The van der Waals surface area contributed by atoms with E-state index in [0.717, 1.165) is 18.6 Å². The highest BCUT2D eigenvalue weighted by atomic mass is 19.4. The molecule has 1 aromatic rings. The van der Waals surface area contributed by atoms with Crippen molar-refractivity contribution in [2.45, 2.75) is 44.6 Å². The number of carbonyl (C=O) groups is 1. The van der Waals surface area contributed by atoms with Gasteiger partial charge in [0.25, 0.3) is 0 Å². The quantitative estimate of drug-likeness (QED) is 0.187. The number of carboxylic acids is 1. The number of alkyl halides is 3. The minimum atomic E-state index is -4.39. The lowest BCUT2D eigenvalue weighted by Gasteiger charge is -2.30. The van der Waals surface area contributed by atoms with Crippen molar-refractivity contribution in [3.63, 3.8) is 0 Å². The van der Waals surface area contributed by atoms with E-state index in [0.29, 0.717) is 18.4 Å². The van der Waals surface area contributed by atoms with Crippen molar-refractivity contribution in [1.82, 2.24) is 5.43 Å². The normalized spacial score (nSPS) is 20.6. The van der Waals surface area contributed by atoms with Crippen LogP contribution in [0.4, 0.5) is 13.2 Å². The van der Waals surface area contributed by atoms with E-state index < -0.39 is 17.7 Å². The Morgan fingerprint density at radius 1 is 1.35 bits per heavy atom. The van der Waals surface area contributed by atoms with Gasteiger partial charge in [-0.05, 0) is 43.9 Å². The van der Waals surface area contributed by atoms with Gasteiger partial charge in [-0.15, -0.1) is 0 Å². The smallest absolute Gasteiger partial charge is 0.416 e. The maximum Gasteiger partial charge on any atom is 0.416 e.